The number of rotatable bonds is 1. The van der Waals surface area contributed by atoms with Gasteiger partial charge in [0.05, 0.1) is 0 Å². The Morgan fingerprint density at radius 1 is 1.56 bits per heavy atom. The summed E-state index contributed by atoms with van der Waals surface area (Å²) >= 11 is 0. The van der Waals surface area contributed by atoms with E-state index in [0.29, 0.717) is 0 Å². The fraction of sp³-hybridized carbons (Fsp3) is 0. The molecule has 0 N–H and O–H groups in total. The zero-order valence-corrected chi connectivity index (χ0v) is 5.59. The molecule has 0 heterocycles. The first kappa shape index (κ1) is 8.56. The van der Waals surface area contributed by atoms with Crippen molar-refractivity contribution in [1.29, 1.82) is 0 Å². The van der Waals surface area contributed by atoms with E-state index in [1.807, 2.05) is 24.3 Å². The van der Waals surface area contributed by atoms with Crippen LogP contribution in [-0.2, 0) is 0 Å². The van der Waals surface area contributed by atoms with Gasteiger partial charge in [-0.3, -0.25) is 0 Å². The van der Waals surface area contributed by atoms with Gasteiger partial charge in [-0.1, -0.05) is 0 Å². The van der Waals surface area contributed by atoms with Crippen molar-refractivity contribution in [3.8, 4) is 0 Å². The molecule has 0 bridgehead atoms. The number of hydrogen-bond donors (Lipinski definition) is 0. The molecule has 0 aromatic heterocycles. The van der Waals surface area contributed by atoms with Gasteiger partial charge in [0.2, 0.25) is 0 Å². The van der Waals surface area contributed by atoms with Crippen LogP contribution in [0.15, 0.2) is 30.8 Å². The second-order valence-electron chi connectivity index (χ2n) is 1.54. The van der Waals surface area contributed by atoms with E-state index in [4.69, 9.17) is 0 Å². The zero-order valence-electron chi connectivity index (χ0n) is 5.59. The molecule has 0 aliphatic heterocycles. The van der Waals surface area contributed by atoms with E-state index in [-0.39, 0.29) is 18.9 Å². The molecule has 0 atom stereocenters. The monoisotopic (exact) mass is 110 g/mol. The van der Waals surface area contributed by atoms with Crippen LogP contribution in [0.3, 0.4) is 0 Å². The Bertz CT molecular complexity index is 167. The molecule has 0 fully saturated rings. The molecule has 0 radical (unpaired) electrons. The van der Waals surface area contributed by atoms with Gasteiger partial charge in [-0.25, -0.2) is 0 Å². The third kappa shape index (κ3) is 2.56. The molecule has 1 heteroatoms. The summed E-state index contributed by atoms with van der Waals surface area (Å²) in [6, 6.07) is 10.6. The molecular formula is C8H7Li. The number of hydrogen-bond acceptors (Lipinski definition) is 0. The second-order valence-corrected chi connectivity index (χ2v) is 1.54. The van der Waals surface area contributed by atoms with E-state index in [1.54, 1.807) is 6.08 Å². The Hall–Kier alpha value is -0.443. The fourth-order valence-electron chi connectivity index (χ4n) is 0.534. The van der Waals surface area contributed by atoms with Crippen LogP contribution in [-0.4, -0.2) is 0 Å². The predicted octanol–water partition coefficient (Wildman–Crippen LogP) is -0.866. The molecule has 9 heavy (non-hydrogen) atoms. The van der Waals surface area contributed by atoms with Crippen molar-refractivity contribution >= 4 is 6.08 Å². The quantitative estimate of drug-likeness (QED) is 0.326. The maximum Gasteiger partial charge on any atom is 1.00 e. The van der Waals surface area contributed by atoms with E-state index >= 15 is 0 Å². The van der Waals surface area contributed by atoms with Gasteiger partial charge in [0.1, 0.15) is 0 Å². The topological polar surface area (TPSA) is 0 Å². The SMILES string of the molecule is C=Cc1c[c-]ccc1.[Li+]. The molecule has 0 amide bonds. The third-order valence-electron chi connectivity index (χ3n) is 0.967. The molecule has 40 valence electrons. The van der Waals surface area contributed by atoms with Gasteiger partial charge in [0, 0.05) is 0 Å². The first-order valence-electron chi connectivity index (χ1n) is 2.52. The van der Waals surface area contributed by atoms with Crippen LogP contribution in [0, 0.1) is 6.07 Å². The van der Waals surface area contributed by atoms with Crippen molar-refractivity contribution in [2.24, 2.45) is 0 Å². The van der Waals surface area contributed by atoms with Crippen LogP contribution < -0.4 is 18.9 Å². The van der Waals surface area contributed by atoms with Crippen molar-refractivity contribution in [3.05, 3.63) is 42.5 Å². The Labute approximate surface area is 67.8 Å². The summed E-state index contributed by atoms with van der Waals surface area (Å²) < 4.78 is 0. The van der Waals surface area contributed by atoms with Gasteiger partial charge in [0.25, 0.3) is 0 Å². The van der Waals surface area contributed by atoms with E-state index < -0.39 is 0 Å². The van der Waals surface area contributed by atoms with Gasteiger partial charge >= 0.3 is 18.9 Å². The predicted molar refractivity (Wildman–Crippen MR) is 35.4 cm³/mol. The molecular weight excluding hydrogens is 103 g/mol. The zero-order chi connectivity index (χ0) is 5.82. The summed E-state index contributed by atoms with van der Waals surface area (Å²) in [6.07, 6.45) is 1.80. The summed E-state index contributed by atoms with van der Waals surface area (Å²) in [5.41, 5.74) is 1.12. The average molecular weight is 110 g/mol. The van der Waals surface area contributed by atoms with Gasteiger partial charge < -0.3 is 0 Å². The van der Waals surface area contributed by atoms with Crippen LogP contribution in [0.2, 0.25) is 0 Å². The average Bonchev–Trinajstić information content (AvgIpc) is 1.90. The first-order chi connectivity index (χ1) is 3.93. The molecule has 0 aliphatic carbocycles. The molecule has 0 saturated carbocycles. The van der Waals surface area contributed by atoms with Gasteiger partial charge in [-0.05, 0) is 0 Å². The van der Waals surface area contributed by atoms with Crippen LogP contribution >= 0.6 is 0 Å². The summed E-state index contributed by atoms with van der Waals surface area (Å²) in [4.78, 5) is 0. The van der Waals surface area contributed by atoms with Crippen LogP contribution in [0.5, 0.6) is 0 Å². The maximum atomic E-state index is 3.61. The van der Waals surface area contributed by atoms with Gasteiger partial charge in [-0.15, -0.1) is 18.2 Å². The number of benzene rings is 1. The maximum absolute atomic E-state index is 3.61. The molecule has 1 aromatic carbocycles. The van der Waals surface area contributed by atoms with Crippen molar-refractivity contribution in [1.82, 2.24) is 0 Å². The summed E-state index contributed by atoms with van der Waals surface area (Å²) in [5, 5.41) is 0. The summed E-state index contributed by atoms with van der Waals surface area (Å²) in [6.45, 7) is 3.61. The van der Waals surface area contributed by atoms with Crippen molar-refractivity contribution in [2.75, 3.05) is 0 Å². The molecule has 0 spiro atoms. The fourth-order valence-corrected chi connectivity index (χ4v) is 0.534. The molecule has 0 unspecified atom stereocenters. The van der Waals surface area contributed by atoms with Gasteiger partial charge in [-0.2, -0.15) is 30.3 Å². The Morgan fingerprint density at radius 2 is 2.33 bits per heavy atom. The third-order valence-corrected chi connectivity index (χ3v) is 0.967. The van der Waals surface area contributed by atoms with E-state index in [9.17, 15) is 0 Å². The van der Waals surface area contributed by atoms with Gasteiger partial charge in [0.15, 0.2) is 0 Å². The standard InChI is InChI=1S/C8H7.Li/c1-2-8-6-4-3-5-7-8;/h2-4,6-7H,1H2;/q-1;+1. The van der Waals surface area contributed by atoms with E-state index in [2.05, 4.69) is 12.6 Å². The first-order valence-corrected chi connectivity index (χ1v) is 2.52. The molecule has 1 aromatic rings. The van der Waals surface area contributed by atoms with E-state index in [0.717, 1.165) is 5.56 Å². The molecule has 0 nitrogen and oxygen atoms in total. The van der Waals surface area contributed by atoms with Crippen LogP contribution in [0.25, 0.3) is 6.08 Å². The molecule has 1 rings (SSSR count). The second kappa shape index (κ2) is 4.44. The van der Waals surface area contributed by atoms with Crippen LogP contribution in [0.4, 0.5) is 0 Å². The van der Waals surface area contributed by atoms with Crippen molar-refractivity contribution in [2.45, 2.75) is 0 Å². The van der Waals surface area contributed by atoms with Crippen molar-refractivity contribution < 1.29 is 18.9 Å². The Kier molecular flexibility index (Phi) is 4.22. The smallest absolute Gasteiger partial charge is 0.183 e. The summed E-state index contributed by atoms with van der Waals surface area (Å²) in [5.74, 6) is 0. The minimum absolute atomic E-state index is 0. The van der Waals surface area contributed by atoms with Crippen molar-refractivity contribution in [3.63, 3.8) is 0 Å². The molecule has 0 aliphatic rings. The van der Waals surface area contributed by atoms with E-state index in [1.165, 1.54) is 0 Å². The normalized spacial score (nSPS) is 7.56. The Balaban J connectivity index is 0.000000640. The minimum atomic E-state index is 0. The Morgan fingerprint density at radius 3 is 2.67 bits per heavy atom. The largest absolute Gasteiger partial charge is 1.00 e. The molecule has 0 saturated heterocycles. The van der Waals surface area contributed by atoms with Crippen LogP contribution in [0.1, 0.15) is 5.56 Å². The minimum Gasteiger partial charge on any atom is -0.183 e. The summed E-state index contributed by atoms with van der Waals surface area (Å²) in [7, 11) is 0.